The smallest absolute Gasteiger partial charge is 0.276 e. The van der Waals surface area contributed by atoms with Gasteiger partial charge in [-0.05, 0) is 31.2 Å². The number of rotatable bonds is 5. The zero-order valence-electron chi connectivity index (χ0n) is 13.3. The molecule has 3 rings (SSSR count). The van der Waals surface area contributed by atoms with E-state index in [1.54, 1.807) is 30.5 Å². The monoisotopic (exact) mass is 374 g/mol. The van der Waals surface area contributed by atoms with Crippen LogP contribution in [0.1, 0.15) is 11.1 Å². The highest BCUT2D eigenvalue weighted by Crippen LogP contribution is 2.21. The molecule has 0 amide bonds. The molecule has 0 aliphatic heterocycles. The van der Waals surface area contributed by atoms with Gasteiger partial charge >= 0.3 is 0 Å². The average Bonchev–Trinajstić information content (AvgIpc) is 3.04. The van der Waals surface area contributed by atoms with Crippen LogP contribution in [0.3, 0.4) is 0 Å². The van der Waals surface area contributed by atoms with Crippen LogP contribution < -0.4 is 4.83 Å². The van der Waals surface area contributed by atoms with Gasteiger partial charge < -0.3 is 0 Å². The van der Waals surface area contributed by atoms with Crippen LogP contribution in [-0.2, 0) is 10.0 Å². The molecule has 0 radical (unpaired) electrons. The second-order valence-electron chi connectivity index (χ2n) is 5.37. The van der Waals surface area contributed by atoms with E-state index in [2.05, 4.69) is 20.1 Å². The second-order valence-corrected chi connectivity index (χ2v) is 7.47. The molecule has 2 aromatic carbocycles. The lowest BCUT2D eigenvalue weighted by Gasteiger charge is -2.03. The van der Waals surface area contributed by atoms with Gasteiger partial charge in [-0.3, -0.25) is 5.10 Å². The maximum atomic E-state index is 12.2. The standard InChI is InChI=1S/C17H15ClN4O2S/c1-12-2-8-16(9-3-12)25(23,24)22-20-11-14-10-19-21-17(14)13-4-6-15(18)7-5-13/h2-11,22H,1H3,(H,19,21)/b20-11+. The zero-order valence-corrected chi connectivity index (χ0v) is 14.8. The van der Waals surface area contributed by atoms with E-state index in [4.69, 9.17) is 11.6 Å². The fourth-order valence-corrected chi connectivity index (χ4v) is 3.09. The number of sulfonamides is 1. The maximum Gasteiger partial charge on any atom is 0.276 e. The maximum absolute atomic E-state index is 12.2. The largest absolute Gasteiger partial charge is 0.277 e. The molecule has 0 aliphatic carbocycles. The molecule has 128 valence electrons. The van der Waals surface area contributed by atoms with Crippen molar-refractivity contribution in [1.29, 1.82) is 0 Å². The summed E-state index contributed by atoms with van der Waals surface area (Å²) in [7, 11) is -3.71. The molecule has 0 saturated heterocycles. The number of halogens is 1. The predicted octanol–water partition coefficient (Wildman–Crippen LogP) is 3.35. The Hall–Kier alpha value is -2.64. The first-order valence-corrected chi connectivity index (χ1v) is 9.23. The van der Waals surface area contributed by atoms with Crippen LogP contribution in [0.4, 0.5) is 0 Å². The third-order valence-corrected chi connectivity index (χ3v) is 5.00. The summed E-state index contributed by atoms with van der Waals surface area (Å²) in [6, 6.07) is 13.7. The molecule has 0 aliphatic rings. The van der Waals surface area contributed by atoms with Crippen LogP contribution in [-0.4, -0.2) is 24.8 Å². The number of aromatic amines is 1. The fraction of sp³-hybridized carbons (Fsp3) is 0.0588. The van der Waals surface area contributed by atoms with Gasteiger partial charge in [0.25, 0.3) is 10.0 Å². The van der Waals surface area contributed by atoms with E-state index < -0.39 is 10.0 Å². The Labute approximate surface area is 150 Å². The van der Waals surface area contributed by atoms with Gasteiger partial charge in [0.15, 0.2) is 0 Å². The molecule has 6 nitrogen and oxygen atoms in total. The molecular weight excluding hydrogens is 360 g/mol. The van der Waals surface area contributed by atoms with Gasteiger partial charge in [-0.1, -0.05) is 41.4 Å². The Balaban J connectivity index is 1.78. The number of hydrogen-bond acceptors (Lipinski definition) is 4. The van der Waals surface area contributed by atoms with Crippen molar-refractivity contribution in [2.24, 2.45) is 5.10 Å². The SMILES string of the molecule is Cc1ccc(S(=O)(=O)N/N=C/c2cn[nH]c2-c2ccc(Cl)cc2)cc1. The van der Waals surface area contributed by atoms with Gasteiger partial charge in [-0.2, -0.15) is 18.6 Å². The van der Waals surface area contributed by atoms with Gasteiger partial charge in [-0.15, -0.1) is 0 Å². The molecule has 1 aromatic heterocycles. The van der Waals surface area contributed by atoms with Crippen molar-refractivity contribution in [3.8, 4) is 11.3 Å². The summed E-state index contributed by atoms with van der Waals surface area (Å²) >= 11 is 5.89. The lowest BCUT2D eigenvalue weighted by atomic mass is 10.1. The molecule has 25 heavy (non-hydrogen) atoms. The highest BCUT2D eigenvalue weighted by Gasteiger charge is 2.12. The Morgan fingerprint density at radius 3 is 2.48 bits per heavy atom. The van der Waals surface area contributed by atoms with Crippen molar-refractivity contribution in [2.75, 3.05) is 0 Å². The number of nitrogens with zero attached hydrogens (tertiary/aromatic N) is 2. The molecule has 0 unspecified atom stereocenters. The molecule has 0 bridgehead atoms. The summed E-state index contributed by atoms with van der Waals surface area (Å²) in [6.07, 6.45) is 2.97. The summed E-state index contributed by atoms with van der Waals surface area (Å²) < 4.78 is 24.4. The molecule has 0 atom stereocenters. The van der Waals surface area contributed by atoms with Crippen LogP contribution in [0, 0.1) is 6.92 Å². The minimum absolute atomic E-state index is 0.153. The van der Waals surface area contributed by atoms with Gasteiger partial charge in [-0.25, -0.2) is 4.83 Å². The number of H-pyrrole nitrogens is 1. The molecule has 3 aromatic rings. The first kappa shape index (κ1) is 17.2. The highest BCUT2D eigenvalue weighted by molar-refractivity contribution is 7.89. The van der Waals surface area contributed by atoms with Crippen molar-refractivity contribution in [1.82, 2.24) is 15.0 Å². The van der Waals surface area contributed by atoms with Crippen molar-refractivity contribution in [3.63, 3.8) is 0 Å². The van der Waals surface area contributed by atoms with E-state index >= 15 is 0 Å². The molecule has 0 spiro atoms. The normalized spacial score (nSPS) is 11.8. The summed E-state index contributed by atoms with van der Waals surface area (Å²) in [4.78, 5) is 2.35. The highest BCUT2D eigenvalue weighted by atomic mass is 35.5. The van der Waals surface area contributed by atoms with E-state index in [0.29, 0.717) is 10.6 Å². The van der Waals surface area contributed by atoms with Gasteiger partial charge in [0.05, 0.1) is 23.0 Å². The minimum atomic E-state index is -3.71. The van der Waals surface area contributed by atoms with E-state index in [1.165, 1.54) is 18.3 Å². The Bertz CT molecular complexity index is 994. The van der Waals surface area contributed by atoms with Crippen molar-refractivity contribution in [3.05, 3.63) is 70.9 Å². The molecule has 1 heterocycles. The lowest BCUT2D eigenvalue weighted by molar-refractivity contribution is 0.584. The number of benzene rings is 2. The van der Waals surface area contributed by atoms with Crippen LogP contribution in [0.5, 0.6) is 0 Å². The topological polar surface area (TPSA) is 87.2 Å². The van der Waals surface area contributed by atoms with Gasteiger partial charge in [0.2, 0.25) is 0 Å². The predicted molar refractivity (Wildman–Crippen MR) is 98.1 cm³/mol. The van der Waals surface area contributed by atoms with E-state index in [1.807, 2.05) is 19.1 Å². The van der Waals surface area contributed by atoms with E-state index in [0.717, 1.165) is 16.8 Å². The Morgan fingerprint density at radius 2 is 1.80 bits per heavy atom. The molecule has 0 saturated carbocycles. The fourth-order valence-electron chi connectivity index (χ4n) is 2.18. The molecule has 2 N–H and O–H groups in total. The first-order valence-electron chi connectivity index (χ1n) is 7.36. The van der Waals surface area contributed by atoms with Crippen LogP contribution in [0.15, 0.2) is 64.7 Å². The second kappa shape index (κ2) is 7.08. The summed E-state index contributed by atoms with van der Waals surface area (Å²) in [6.45, 7) is 1.89. The number of hydrogen-bond donors (Lipinski definition) is 2. The van der Waals surface area contributed by atoms with E-state index in [-0.39, 0.29) is 4.90 Å². The van der Waals surface area contributed by atoms with Gasteiger partial charge in [0, 0.05) is 16.1 Å². The zero-order chi connectivity index (χ0) is 17.9. The van der Waals surface area contributed by atoms with E-state index in [9.17, 15) is 8.42 Å². The third kappa shape index (κ3) is 4.07. The third-order valence-electron chi connectivity index (χ3n) is 3.51. The number of aromatic nitrogens is 2. The minimum Gasteiger partial charge on any atom is -0.277 e. The number of hydrazone groups is 1. The van der Waals surface area contributed by atoms with Crippen molar-refractivity contribution >= 4 is 27.8 Å². The summed E-state index contributed by atoms with van der Waals surface area (Å²) in [5.41, 5.74) is 3.21. The number of aryl methyl sites for hydroxylation is 1. The number of nitrogens with one attached hydrogen (secondary N) is 2. The van der Waals surface area contributed by atoms with Crippen LogP contribution in [0.25, 0.3) is 11.3 Å². The first-order chi connectivity index (χ1) is 12.0. The van der Waals surface area contributed by atoms with Crippen molar-refractivity contribution < 1.29 is 8.42 Å². The van der Waals surface area contributed by atoms with Crippen LogP contribution >= 0.6 is 11.6 Å². The molecular formula is C17H15ClN4O2S. The molecule has 0 fully saturated rings. The van der Waals surface area contributed by atoms with Crippen molar-refractivity contribution in [2.45, 2.75) is 11.8 Å². The Morgan fingerprint density at radius 1 is 1.12 bits per heavy atom. The summed E-state index contributed by atoms with van der Waals surface area (Å²) in [5, 5.41) is 11.3. The quantitative estimate of drug-likeness (QED) is 0.530. The Kier molecular flexibility index (Phi) is 4.87. The molecule has 8 heteroatoms. The average molecular weight is 375 g/mol. The lowest BCUT2D eigenvalue weighted by Crippen LogP contribution is -2.18. The van der Waals surface area contributed by atoms with Crippen LogP contribution in [0.2, 0.25) is 5.02 Å². The summed E-state index contributed by atoms with van der Waals surface area (Å²) in [5.74, 6) is 0. The van der Waals surface area contributed by atoms with Gasteiger partial charge in [0.1, 0.15) is 0 Å².